The number of nitrogens with two attached hydrogens (primary N) is 1. The van der Waals surface area contributed by atoms with Crippen LogP contribution in [0.15, 0.2) is 63.3 Å². The third-order valence-corrected chi connectivity index (χ3v) is 6.33. The lowest BCUT2D eigenvalue weighted by molar-refractivity contribution is 0.104. The highest BCUT2D eigenvalue weighted by Crippen LogP contribution is 2.27. The maximum atomic E-state index is 12.3. The number of sulfonamides is 1. The summed E-state index contributed by atoms with van der Waals surface area (Å²) in [4.78, 5) is 12.2. The first-order valence-electron chi connectivity index (χ1n) is 6.87. The van der Waals surface area contributed by atoms with E-state index in [1.165, 1.54) is 18.2 Å². The van der Waals surface area contributed by atoms with Crippen LogP contribution in [0.3, 0.4) is 0 Å². The van der Waals surface area contributed by atoms with E-state index in [4.69, 9.17) is 5.14 Å². The molecule has 0 bridgehead atoms. The minimum Gasteiger partial charge on any atom is -0.289 e. The molecule has 4 nitrogen and oxygen atoms in total. The molecule has 0 atom stereocenters. The molecule has 0 fully saturated rings. The van der Waals surface area contributed by atoms with E-state index in [0.717, 1.165) is 15.6 Å². The van der Waals surface area contributed by atoms with Crippen molar-refractivity contribution >= 4 is 59.2 Å². The van der Waals surface area contributed by atoms with Crippen molar-refractivity contribution in [2.45, 2.75) is 4.90 Å². The maximum Gasteiger partial charge on any atom is 0.239 e. The van der Waals surface area contributed by atoms with Crippen molar-refractivity contribution in [1.82, 2.24) is 0 Å². The van der Waals surface area contributed by atoms with Gasteiger partial charge in [0.1, 0.15) is 0 Å². The molecule has 3 rings (SSSR count). The number of primary sulfonamides is 1. The first kappa shape index (κ1) is 17.0. The van der Waals surface area contributed by atoms with E-state index in [9.17, 15) is 13.2 Å². The number of hydrogen-bond donors (Lipinski definition) is 1. The summed E-state index contributed by atoms with van der Waals surface area (Å²) in [6.07, 6.45) is 3.17. The summed E-state index contributed by atoms with van der Waals surface area (Å²) in [7, 11) is -3.90. The predicted octanol–water partition coefficient (Wildman–Crippen LogP) is 4.21. The maximum absolute atomic E-state index is 12.3. The standard InChI is InChI=1S/C17H12BrNO3S2/c18-14-7-5-11(9-17(14)24(19,21)22)15(20)8-6-12-10-23-16-4-2-1-3-13(12)16/h1-10H,(H2,19,21,22)/b8-6+. The second kappa shape index (κ2) is 6.60. The molecule has 7 heteroatoms. The molecular formula is C17H12BrNO3S2. The molecule has 1 aromatic heterocycles. The molecule has 0 aliphatic carbocycles. The summed E-state index contributed by atoms with van der Waals surface area (Å²) in [5.74, 6) is -0.289. The lowest BCUT2D eigenvalue weighted by Gasteiger charge is -2.03. The number of ketones is 1. The van der Waals surface area contributed by atoms with Gasteiger partial charge in [0, 0.05) is 14.7 Å². The molecule has 122 valence electrons. The minimum atomic E-state index is -3.90. The Balaban J connectivity index is 1.93. The zero-order valence-corrected chi connectivity index (χ0v) is 15.5. The van der Waals surface area contributed by atoms with E-state index >= 15 is 0 Å². The Morgan fingerprint density at radius 3 is 2.67 bits per heavy atom. The van der Waals surface area contributed by atoms with Gasteiger partial charge in [0.2, 0.25) is 10.0 Å². The Morgan fingerprint density at radius 1 is 1.17 bits per heavy atom. The molecule has 0 saturated heterocycles. The molecule has 0 aliphatic rings. The van der Waals surface area contributed by atoms with Crippen molar-refractivity contribution in [2.24, 2.45) is 5.14 Å². The topological polar surface area (TPSA) is 77.2 Å². The van der Waals surface area contributed by atoms with Crippen LogP contribution >= 0.6 is 27.3 Å². The summed E-state index contributed by atoms with van der Waals surface area (Å²) in [6, 6.07) is 12.3. The quantitative estimate of drug-likeness (QED) is 0.506. The van der Waals surface area contributed by atoms with Gasteiger partial charge in [0.25, 0.3) is 0 Å². The number of thiophene rings is 1. The molecular weight excluding hydrogens is 410 g/mol. The summed E-state index contributed by atoms with van der Waals surface area (Å²) >= 11 is 4.73. The van der Waals surface area contributed by atoms with Crippen molar-refractivity contribution < 1.29 is 13.2 Å². The average Bonchev–Trinajstić information content (AvgIpc) is 2.95. The van der Waals surface area contributed by atoms with Crippen LogP contribution in [0.2, 0.25) is 0 Å². The minimum absolute atomic E-state index is 0.109. The molecule has 0 saturated carbocycles. The normalized spacial score (nSPS) is 12.1. The second-order valence-corrected chi connectivity index (χ2v) is 8.37. The van der Waals surface area contributed by atoms with Crippen molar-refractivity contribution in [3.8, 4) is 0 Å². The number of allylic oxidation sites excluding steroid dienone is 1. The van der Waals surface area contributed by atoms with Crippen LogP contribution in [-0.4, -0.2) is 14.2 Å². The Morgan fingerprint density at radius 2 is 1.92 bits per heavy atom. The largest absolute Gasteiger partial charge is 0.289 e. The van der Waals surface area contributed by atoms with Crippen LogP contribution in [0.1, 0.15) is 15.9 Å². The second-order valence-electron chi connectivity index (χ2n) is 5.07. The fraction of sp³-hybridized carbons (Fsp3) is 0. The van der Waals surface area contributed by atoms with Crippen molar-refractivity contribution in [3.63, 3.8) is 0 Å². The average molecular weight is 422 g/mol. The first-order valence-corrected chi connectivity index (χ1v) is 10.1. The van der Waals surface area contributed by atoms with Crippen molar-refractivity contribution in [2.75, 3.05) is 0 Å². The summed E-state index contributed by atoms with van der Waals surface area (Å²) in [5, 5.41) is 8.21. The van der Waals surface area contributed by atoms with Crippen LogP contribution in [-0.2, 0) is 10.0 Å². The predicted molar refractivity (Wildman–Crippen MR) is 101 cm³/mol. The smallest absolute Gasteiger partial charge is 0.239 e. The van der Waals surface area contributed by atoms with E-state index in [-0.39, 0.29) is 16.2 Å². The molecule has 0 spiro atoms. The zero-order valence-electron chi connectivity index (χ0n) is 12.3. The van der Waals surface area contributed by atoms with E-state index in [0.29, 0.717) is 4.47 Å². The van der Waals surface area contributed by atoms with Gasteiger partial charge in [0.15, 0.2) is 5.78 Å². The van der Waals surface area contributed by atoms with E-state index in [1.54, 1.807) is 23.5 Å². The number of carbonyl (C=O) groups is 1. The van der Waals surface area contributed by atoms with E-state index < -0.39 is 10.0 Å². The van der Waals surface area contributed by atoms with Gasteiger partial charge < -0.3 is 0 Å². The van der Waals surface area contributed by atoms with Crippen LogP contribution in [0, 0.1) is 0 Å². The Hall–Kier alpha value is -1.80. The van der Waals surface area contributed by atoms with Gasteiger partial charge in [-0.3, -0.25) is 4.79 Å². The lowest BCUT2D eigenvalue weighted by atomic mass is 10.1. The summed E-state index contributed by atoms with van der Waals surface area (Å²) < 4.78 is 24.6. The number of hydrogen-bond acceptors (Lipinski definition) is 4. The SMILES string of the molecule is NS(=O)(=O)c1cc(C(=O)/C=C/c2csc3ccccc23)ccc1Br. The molecule has 1 heterocycles. The Kier molecular flexibility index (Phi) is 4.69. The molecule has 0 amide bonds. The van der Waals surface area contributed by atoms with Crippen LogP contribution in [0.4, 0.5) is 0 Å². The van der Waals surface area contributed by atoms with Crippen LogP contribution < -0.4 is 5.14 Å². The highest BCUT2D eigenvalue weighted by Gasteiger charge is 2.15. The third kappa shape index (κ3) is 3.49. The number of benzene rings is 2. The molecule has 0 aliphatic heterocycles. The van der Waals surface area contributed by atoms with Gasteiger partial charge in [-0.15, -0.1) is 11.3 Å². The van der Waals surface area contributed by atoms with Crippen LogP contribution in [0.25, 0.3) is 16.2 Å². The first-order chi connectivity index (χ1) is 11.4. The lowest BCUT2D eigenvalue weighted by Crippen LogP contribution is -2.13. The number of fused-ring (bicyclic) bond motifs is 1. The fourth-order valence-corrected chi connectivity index (χ4v) is 4.75. The monoisotopic (exact) mass is 421 g/mol. The van der Waals surface area contributed by atoms with Gasteiger partial charge in [0.05, 0.1) is 4.90 Å². The number of rotatable bonds is 4. The highest BCUT2D eigenvalue weighted by atomic mass is 79.9. The molecule has 3 aromatic rings. The van der Waals surface area contributed by atoms with Gasteiger partial charge in [-0.2, -0.15) is 0 Å². The summed E-state index contributed by atoms with van der Waals surface area (Å²) in [5.41, 5.74) is 1.21. The van der Waals surface area contributed by atoms with Crippen molar-refractivity contribution in [1.29, 1.82) is 0 Å². The van der Waals surface area contributed by atoms with Crippen LogP contribution in [0.5, 0.6) is 0 Å². The van der Waals surface area contributed by atoms with Gasteiger partial charge in [-0.05, 0) is 68.7 Å². The molecule has 2 aromatic carbocycles. The zero-order chi connectivity index (χ0) is 17.3. The Bertz CT molecular complexity index is 1070. The van der Waals surface area contributed by atoms with Gasteiger partial charge >= 0.3 is 0 Å². The number of carbonyl (C=O) groups excluding carboxylic acids is 1. The van der Waals surface area contributed by atoms with Crippen molar-refractivity contribution in [3.05, 3.63) is 69.5 Å². The molecule has 0 unspecified atom stereocenters. The summed E-state index contributed by atoms with van der Waals surface area (Å²) in [6.45, 7) is 0. The van der Waals surface area contributed by atoms with Gasteiger partial charge in [-0.1, -0.05) is 18.2 Å². The molecule has 0 radical (unpaired) electrons. The van der Waals surface area contributed by atoms with E-state index in [2.05, 4.69) is 15.9 Å². The fourth-order valence-electron chi connectivity index (χ4n) is 2.26. The molecule has 24 heavy (non-hydrogen) atoms. The third-order valence-electron chi connectivity index (χ3n) is 3.45. The Labute approximate surface area is 151 Å². The highest BCUT2D eigenvalue weighted by molar-refractivity contribution is 9.10. The molecule has 2 N–H and O–H groups in total. The number of halogens is 1. The van der Waals surface area contributed by atoms with Gasteiger partial charge in [-0.25, -0.2) is 13.6 Å². The van der Waals surface area contributed by atoms with E-state index in [1.807, 2.05) is 29.6 Å².